The number of ether oxygens (including phenoxy) is 1. The molecule has 1 unspecified atom stereocenters. The van der Waals surface area contributed by atoms with E-state index < -0.39 is 30.3 Å². The van der Waals surface area contributed by atoms with E-state index in [9.17, 15) is 23.8 Å². The first kappa shape index (κ1) is 13.7. The Kier molecular flexibility index (Phi) is 3.45. The van der Waals surface area contributed by atoms with Crippen molar-refractivity contribution < 1.29 is 28.5 Å². The molecule has 1 aromatic carbocycles. The van der Waals surface area contributed by atoms with E-state index >= 15 is 0 Å². The first-order chi connectivity index (χ1) is 8.89. The Bertz CT molecular complexity index is 489. The van der Waals surface area contributed by atoms with Crippen LogP contribution in [0.3, 0.4) is 0 Å². The minimum Gasteiger partial charge on any atom is -0.508 e. The van der Waals surface area contributed by atoms with Gasteiger partial charge in [0.15, 0.2) is 0 Å². The fraction of sp³-hybridized carbons (Fsp3) is 0.462. The van der Waals surface area contributed by atoms with Crippen LogP contribution in [0.15, 0.2) is 24.3 Å². The minimum absolute atomic E-state index is 0.0323. The van der Waals surface area contributed by atoms with Gasteiger partial charge in [-0.25, -0.2) is 8.78 Å². The SMILES string of the molecule is O=C(O)C1(Cc2ccccc2O)CCOCC1(F)F. The molecule has 2 rings (SSSR count). The minimum atomic E-state index is -3.47. The second kappa shape index (κ2) is 4.77. The van der Waals surface area contributed by atoms with Crippen molar-refractivity contribution in [3.63, 3.8) is 0 Å². The fourth-order valence-corrected chi connectivity index (χ4v) is 2.31. The third-order valence-electron chi connectivity index (χ3n) is 3.55. The van der Waals surface area contributed by atoms with E-state index in [0.29, 0.717) is 0 Å². The van der Waals surface area contributed by atoms with E-state index in [-0.39, 0.29) is 24.3 Å². The molecule has 1 heterocycles. The van der Waals surface area contributed by atoms with Crippen molar-refractivity contribution in [1.29, 1.82) is 0 Å². The van der Waals surface area contributed by atoms with Gasteiger partial charge in [0.05, 0.1) is 0 Å². The summed E-state index contributed by atoms with van der Waals surface area (Å²) in [5.74, 6) is -5.21. The van der Waals surface area contributed by atoms with E-state index in [1.165, 1.54) is 12.1 Å². The summed E-state index contributed by atoms with van der Waals surface area (Å²) in [7, 11) is 0. The molecule has 0 bridgehead atoms. The maximum atomic E-state index is 14.0. The Labute approximate surface area is 108 Å². The van der Waals surface area contributed by atoms with Gasteiger partial charge < -0.3 is 14.9 Å². The molecule has 0 saturated carbocycles. The number of phenolic OH excluding ortho intramolecular Hbond substituents is 1. The van der Waals surface area contributed by atoms with Gasteiger partial charge in [0, 0.05) is 6.61 Å². The van der Waals surface area contributed by atoms with Crippen molar-refractivity contribution in [3.05, 3.63) is 29.8 Å². The molecule has 2 N–H and O–H groups in total. The molecule has 1 atom stereocenters. The van der Waals surface area contributed by atoms with E-state index in [2.05, 4.69) is 4.74 Å². The Morgan fingerprint density at radius 1 is 1.37 bits per heavy atom. The smallest absolute Gasteiger partial charge is 0.316 e. The Morgan fingerprint density at radius 3 is 2.63 bits per heavy atom. The summed E-state index contributed by atoms with van der Waals surface area (Å²) in [5.41, 5.74) is -2.03. The Morgan fingerprint density at radius 2 is 2.05 bits per heavy atom. The highest BCUT2D eigenvalue weighted by Crippen LogP contribution is 2.46. The van der Waals surface area contributed by atoms with Crippen LogP contribution >= 0.6 is 0 Å². The van der Waals surface area contributed by atoms with Crippen molar-refractivity contribution in [2.45, 2.75) is 18.8 Å². The highest BCUT2D eigenvalue weighted by Gasteiger charge is 2.61. The zero-order chi connectivity index (χ0) is 14.1. The molecule has 1 aromatic rings. The van der Waals surface area contributed by atoms with E-state index in [1.807, 2.05) is 0 Å². The molecule has 0 spiro atoms. The lowest BCUT2D eigenvalue weighted by molar-refractivity contribution is -0.218. The second-order valence-electron chi connectivity index (χ2n) is 4.70. The Hall–Kier alpha value is -1.69. The highest BCUT2D eigenvalue weighted by atomic mass is 19.3. The lowest BCUT2D eigenvalue weighted by Gasteiger charge is -2.40. The third-order valence-corrected chi connectivity index (χ3v) is 3.55. The van der Waals surface area contributed by atoms with Gasteiger partial charge in [-0.2, -0.15) is 0 Å². The van der Waals surface area contributed by atoms with Gasteiger partial charge in [-0.3, -0.25) is 4.79 Å². The summed E-state index contributed by atoms with van der Waals surface area (Å²) in [5, 5.41) is 18.9. The van der Waals surface area contributed by atoms with Gasteiger partial charge in [-0.05, 0) is 24.5 Å². The first-order valence-corrected chi connectivity index (χ1v) is 5.85. The number of aliphatic carboxylic acids is 1. The van der Waals surface area contributed by atoms with Crippen LogP contribution in [0.2, 0.25) is 0 Å². The molecule has 4 nitrogen and oxygen atoms in total. The maximum absolute atomic E-state index is 14.0. The number of carboxylic acids is 1. The summed E-state index contributed by atoms with van der Waals surface area (Å²) < 4.78 is 32.7. The Balaban J connectivity index is 2.41. The van der Waals surface area contributed by atoms with Crippen LogP contribution in [0, 0.1) is 5.41 Å². The molecule has 6 heteroatoms. The summed E-state index contributed by atoms with van der Waals surface area (Å²) in [6.07, 6.45) is -0.713. The van der Waals surface area contributed by atoms with E-state index in [1.54, 1.807) is 12.1 Å². The number of carbonyl (C=O) groups is 1. The number of halogens is 2. The van der Waals surface area contributed by atoms with Crippen LogP contribution in [0.1, 0.15) is 12.0 Å². The summed E-state index contributed by atoms with van der Waals surface area (Å²) in [6, 6.07) is 5.92. The number of aromatic hydroxyl groups is 1. The molecular formula is C13H14F2O4. The van der Waals surface area contributed by atoms with Crippen LogP contribution in [0.5, 0.6) is 5.75 Å². The van der Waals surface area contributed by atoms with Crippen LogP contribution in [-0.2, 0) is 16.0 Å². The van der Waals surface area contributed by atoms with Crippen LogP contribution < -0.4 is 0 Å². The third kappa shape index (κ3) is 2.28. The molecule has 1 aliphatic rings. The number of hydrogen-bond acceptors (Lipinski definition) is 3. The normalized spacial score (nSPS) is 26.0. The number of alkyl halides is 2. The first-order valence-electron chi connectivity index (χ1n) is 5.85. The van der Waals surface area contributed by atoms with Crippen LogP contribution in [0.25, 0.3) is 0 Å². The number of rotatable bonds is 3. The second-order valence-corrected chi connectivity index (χ2v) is 4.70. The average molecular weight is 272 g/mol. The topological polar surface area (TPSA) is 66.8 Å². The number of benzene rings is 1. The lowest BCUT2D eigenvalue weighted by atomic mass is 9.72. The molecule has 1 aliphatic heterocycles. The van der Waals surface area contributed by atoms with Crippen molar-refractivity contribution in [3.8, 4) is 5.75 Å². The number of carboxylic acid groups (broad SMARTS) is 1. The quantitative estimate of drug-likeness (QED) is 0.884. The van der Waals surface area contributed by atoms with Gasteiger partial charge in [0.1, 0.15) is 17.8 Å². The fourth-order valence-electron chi connectivity index (χ4n) is 2.31. The molecule has 0 amide bonds. The maximum Gasteiger partial charge on any atom is 0.316 e. The van der Waals surface area contributed by atoms with Crippen molar-refractivity contribution >= 4 is 5.97 Å². The average Bonchev–Trinajstić information content (AvgIpc) is 2.34. The molecule has 104 valence electrons. The molecule has 0 aromatic heterocycles. The number of hydrogen-bond donors (Lipinski definition) is 2. The van der Waals surface area contributed by atoms with Gasteiger partial charge in [-0.1, -0.05) is 18.2 Å². The van der Waals surface area contributed by atoms with E-state index in [4.69, 9.17) is 0 Å². The van der Waals surface area contributed by atoms with Gasteiger partial charge in [0.2, 0.25) is 0 Å². The van der Waals surface area contributed by atoms with Gasteiger partial charge in [0.25, 0.3) is 5.92 Å². The summed E-state index contributed by atoms with van der Waals surface area (Å²) in [6.45, 7) is -0.942. The summed E-state index contributed by atoms with van der Waals surface area (Å²) in [4.78, 5) is 11.4. The van der Waals surface area contributed by atoms with E-state index in [0.717, 1.165) is 0 Å². The van der Waals surface area contributed by atoms with Crippen LogP contribution in [-0.4, -0.2) is 35.3 Å². The van der Waals surface area contributed by atoms with Crippen molar-refractivity contribution in [1.82, 2.24) is 0 Å². The zero-order valence-corrected chi connectivity index (χ0v) is 10.1. The van der Waals surface area contributed by atoms with Crippen molar-refractivity contribution in [2.24, 2.45) is 5.41 Å². The van der Waals surface area contributed by atoms with Crippen molar-refractivity contribution in [2.75, 3.05) is 13.2 Å². The van der Waals surface area contributed by atoms with Gasteiger partial charge in [-0.15, -0.1) is 0 Å². The molecule has 19 heavy (non-hydrogen) atoms. The summed E-state index contributed by atoms with van der Waals surface area (Å²) >= 11 is 0. The monoisotopic (exact) mass is 272 g/mol. The molecule has 0 aliphatic carbocycles. The largest absolute Gasteiger partial charge is 0.508 e. The lowest BCUT2D eigenvalue weighted by Crippen LogP contribution is -2.55. The predicted molar refractivity (Wildman–Crippen MR) is 62.3 cm³/mol. The zero-order valence-electron chi connectivity index (χ0n) is 10.1. The standard InChI is InChI=1S/C13H14F2O4/c14-13(15)8-19-6-5-12(13,11(17)18)7-9-3-1-2-4-10(9)16/h1-4,16H,5-8H2,(H,17,18). The molecule has 0 radical (unpaired) electrons. The number of para-hydroxylation sites is 1. The highest BCUT2D eigenvalue weighted by molar-refractivity contribution is 5.77. The van der Waals surface area contributed by atoms with Gasteiger partial charge >= 0.3 is 5.97 Å². The molecule has 1 saturated heterocycles. The van der Waals surface area contributed by atoms with Crippen LogP contribution in [0.4, 0.5) is 8.78 Å². The molecule has 1 fully saturated rings. The predicted octanol–water partition coefficient (Wildman–Crippen LogP) is 2.06. The molecular weight excluding hydrogens is 258 g/mol. The number of phenols is 1.